The first-order chi connectivity index (χ1) is 11.9. The van der Waals surface area contributed by atoms with E-state index in [1.165, 1.54) is 0 Å². The van der Waals surface area contributed by atoms with E-state index in [0.29, 0.717) is 29.0 Å². The molecular formula is C21H22O4. The number of rotatable bonds is 4. The third-order valence-corrected chi connectivity index (χ3v) is 4.14. The number of benzene rings is 2. The highest BCUT2D eigenvalue weighted by atomic mass is 16.5. The van der Waals surface area contributed by atoms with E-state index in [-0.39, 0.29) is 11.9 Å². The van der Waals surface area contributed by atoms with E-state index in [4.69, 9.17) is 9.47 Å². The molecule has 1 atom stereocenters. The Labute approximate surface area is 147 Å². The fourth-order valence-corrected chi connectivity index (χ4v) is 2.87. The van der Waals surface area contributed by atoms with Gasteiger partial charge < -0.3 is 14.6 Å². The van der Waals surface area contributed by atoms with E-state index >= 15 is 0 Å². The molecule has 0 fully saturated rings. The van der Waals surface area contributed by atoms with Crippen LogP contribution in [0.4, 0.5) is 0 Å². The van der Waals surface area contributed by atoms with Gasteiger partial charge in [0.25, 0.3) is 0 Å². The molecule has 2 aromatic rings. The van der Waals surface area contributed by atoms with Crippen LogP contribution in [0.3, 0.4) is 0 Å². The van der Waals surface area contributed by atoms with Crippen LogP contribution in [0.1, 0.15) is 47.9 Å². The molecule has 1 heterocycles. The van der Waals surface area contributed by atoms with Crippen molar-refractivity contribution in [3.05, 3.63) is 65.2 Å². The summed E-state index contributed by atoms with van der Waals surface area (Å²) in [7, 11) is 1.57. The minimum absolute atomic E-state index is 0.0377. The smallest absolute Gasteiger partial charge is 0.170 e. The number of hydrogen-bond acceptors (Lipinski definition) is 4. The number of Topliss-reactive ketones (excluding diaryl/α,β-unsaturated/α-hetero) is 1. The van der Waals surface area contributed by atoms with Gasteiger partial charge in [-0.15, -0.1) is 0 Å². The molecule has 0 saturated carbocycles. The summed E-state index contributed by atoms with van der Waals surface area (Å²) >= 11 is 0. The molecule has 0 aromatic heterocycles. The highest BCUT2D eigenvalue weighted by Crippen LogP contribution is 2.41. The van der Waals surface area contributed by atoms with E-state index in [1.54, 1.807) is 45.2 Å². The maximum absolute atomic E-state index is 12.6. The van der Waals surface area contributed by atoms with Crippen molar-refractivity contribution >= 4 is 11.9 Å². The number of hydrogen-bond donors (Lipinski definition) is 1. The minimum atomic E-state index is -0.981. The quantitative estimate of drug-likeness (QED) is 0.908. The first-order valence-electron chi connectivity index (χ1n) is 8.26. The van der Waals surface area contributed by atoms with Gasteiger partial charge in [-0.2, -0.15) is 0 Å². The van der Waals surface area contributed by atoms with Crippen LogP contribution < -0.4 is 9.47 Å². The van der Waals surface area contributed by atoms with Crippen molar-refractivity contribution in [3.63, 3.8) is 0 Å². The van der Waals surface area contributed by atoms with E-state index in [0.717, 1.165) is 5.56 Å². The molecule has 1 aliphatic rings. The van der Waals surface area contributed by atoms with Crippen LogP contribution in [0.5, 0.6) is 11.5 Å². The van der Waals surface area contributed by atoms with Crippen molar-refractivity contribution in [1.29, 1.82) is 0 Å². The van der Waals surface area contributed by atoms with Crippen molar-refractivity contribution in [1.82, 2.24) is 0 Å². The van der Waals surface area contributed by atoms with Gasteiger partial charge in [0.15, 0.2) is 5.78 Å². The molecule has 0 amide bonds. The second-order valence-electron chi connectivity index (χ2n) is 6.69. The number of ketones is 1. The Morgan fingerprint density at radius 1 is 1.20 bits per heavy atom. The molecule has 1 aliphatic heterocycles. The Kier molecular flexibility index (Phi) is 4.64. The number of carbonyl (C=O) groups is 1. The normalized spacial score (nSPS) is 17.3. The second-order valence-corrected chi connectivity index (χ2v) is 6.69. The number of fused-ring (bicyclic) bond motifs is 1. The van der Waals surface area contributed by atoms with Gasteiger partial charge in [-0.1, -0.05) is 36.4 Å². The summed E-state index contributed by atoms with van der Waals surface area (Å²) in [5.74, 6) is 1.14. The Morgan fingerprint density at radius 2 is 1.92 bits per heavy atom. The SMILES string of the molecule is COc1ccc2c(c1/C=C/C(C)(C)O)O[C@H](c1ccccc1)CC2=O. The second kappa shape index (κ2) is 6.73. The largest absolute Gasteiger partial charge is 0.496 e. The van der Waals surface area contributed by atoms with Gasteiger partial charge in [-0.25, -0.2) is 0 Å². The molecule has 3 rings (SSSR count). The summed E-state index contributed by atoms with van der Waals surface area (Å²) < 4.78 is 11.6. The number of methoxy groups -OCH3 is 1. The molecule has 0 spiro atoms. The van der Waals surface area contributed by atoms with Gasteiger partial charge in [0.05, 0.1) is 30.3 Å². The van der Waals surface area contributed by atoms with E-state index in [2.05, 4.69) is 0 Å². The standard InChI is InChI=1S/C21H22O4/c1-21(2,23)12-11-16-18(24-3)10-9-15-17(22)13-19(25-20(15)16)14-7-5-4-6-8-14/h4-12,19,23H,13H2,1-3H3/b12-11+/t19-/m0/s1. The Hall–Kier alpha value is -2.59. The van der Waals surface area contributed by atoms with Crippen LogP contribution in [-0.4, -0.2) is 23.6 Å². The van der Waals surface area contributed by atoms with Gasteiger partial charge in [0.1, 0.15) is 17.6 Å². The highest BCUT2D eigenvalue weighted by Gasteiger charge is 2.30. The zero-order valence-electron chi connectivity index (χ0n) is 14.7. The van der Waals surface area contributed by atoms with Gasteiger partial charge in [-0.3, -0.25) is 4.79 Å². The number of carbonyl (C=O) groups excluding carboxylic acids is 1. The van der Waals surface area contributed by atoms with Crippen molar-refractivity contribution < 1.29 is 19.4 Å². The average molecular weight is 338 g/mol. The maximum atomic E-state index is 12.6. The summed E-state index contributed by atoms with van der Waals surface area (Å²) in [4.78, 5) is 12.6. The van der Waals surface area contributed by atoms with Crippen molar-refractivity contribution in [2.45, 2.75) is 32.0 Å². The minimum Gasteiger partial charge on any atom is -0.496 e. The fourth-order valence-electron chi connectivity index (χ4n) is 2.87. The van der Waals surface area contributed by atoms with E-state index in [9.17, 15) is 9.90 Å². The zero-order valence-corrected chi connectivity index (χ0v) is 14.7. The predicted molar refractivity (Wildman–Crippen MR) is 97.1 cm³/mol. The van der Waals surface area contributed by atoms with Crippen molar-refractivity contribution in [2.24, 2.45) is 0 Å². The van der Waals surface area contributed by atoms with Crippen molar-refractivity contribution in [3.8, 4) is 11.5 Å². The lowest BCUT2D eigenvalue weighted by Gasteiger charge is -2.27. The Morgan fingerprint density at radius 3 is 2.56 bits per heavy atom. The summed E-state index contributed by atoms with van der Waals surface area (Å²) in [6.07, 6.45) is 3.38. The first kappa shape index (κ1) is 17.2. The molecule has 130 valence electrons. The summed E-state index contributed by atoms with van der Waals surface area (Å²) in [6.45, 7) is 3.37. The summed E-state index contributed by atoms with van der Waals surface area (Å²) in [6, 6.07) is 13.2. The van der Waals surface area contributed by atoms with Crippen LogP contribution in [0.25, 0.3) is 6.08 Å². The van der Waals surface area contributed by atoms with Crippen LogP contribution in [0, 0.1) is 0 Å². The summed E-state index contributed by atoms with van der Waals surface area (Å²) in [5.41, 5.74) is 1.19. The Balaban J connectivity index is 2.08. The van der Waals surface area contributed by atoms with Crippen molar-refractivity contribution in [2.75, 3.05) is 7.11 Å². The van der Waals surface area contributed by atoms with Gasteiger partial charge in [0.2, 0.25) is 0 Å². The van der Waals surface area contributed by atoms with Gasteiger partial charge in [0, 0.05) is 0 Å². The average Bonchev–Trinajstić information content (AvgIpc) is 2.59. The first-order valence-corrected chi connectivity index (χ1v) is 8.26. The van der Waals surface area contributed by atoms with Crippen LogP contribution in [0.15, 0.2) is 48.5 Å². The predicted octanol–water partition coefficient (Wildman–Crippen LogP) is 4.19. The molecule has 0 unspecified atom stereocenters. The molecule has 0 bridgehead atoms. The Bertz CT molecular complexity index is 801. The molecular weight excluding hydrogens is 316 g/mol. The van der Waals surface area contributed by atoms with Crippen LogP contribution in [0.2, 0.25) is 0 Å². The summed E-state index contributed by atoms with van der Waals surface area (Å²) in [5, 5.41) is 9.99. The van der Waals surface area contributed by atoms with Crippen LogP contribution >= 0.6 is 0 Å². The third kappa shape index (κ3) is 3.74. The van der Waals surface area contributed by atoms with E-state index in [1.807, 2.05) is 30.3 Å². The maximum Gasteiger partial charge on any atom is 0.170 e. The fraction of sp³-hybridized carbons (Fsp3) is 0.286. The van der Waals surface area contributed by atoms with Gasteiger partial charge >= 0.3 is 0 Å². The highest BCUT2D eigenvalue weighted by molar-refractivity contribution is 6.01. The zero-order chi connectivity index (χ0) is 18.0. The molecule has 4 heteroatoms. The van der Waals surface area contributed by atoms with E-state index < -0.39 is 5.60 Å². The lowest BCUT2D eigenvalue weighted by Crippen LogP contribution is -2.21. The van der Waals surface area contributed by atoms with Crippen LogP contribution in [-0.2, 0) is 0 Å². The molecule has 1 N–H and O–H groups in total. The molecule has 0 radical (unpaired) electrons. The third-order valence-electron chi connectivity index (χ3n) is 4.14. The lowest BCUT2D eigenvalue weighted by atomic mass is 9.93. The molecule has 0 saturated heterocycles. The molecule has 25 heavy (non-hydrogen) atoms. The lowest BCUT2D eigenvalue weighted by molar-refractivity contribution is 0.0849. The monoisotopic (exact) mass is 338 g/mol. The topological polar surface area (TPSA) is 55.8 Å². The van der Waals surface area contributed by atoms with Gasteiger partial charge in [-0.05, 0) is 37.6 Å². The molecule has 2 aromatic carbocycles. The number of ether oxygens (including phenoxy) is 2. The molecule has 4 nitrogen and oxygen atoms in total. The number of aliphatic hydroxyl groups is 1. The molecule has 0 aliphatic carbocycles.